The van der Waals surface area contributed by atoms with Gasteiger partial charge in [0, 0.05) is 35.1 Å². The lowest BCUT2D eigenvalue weighted by Crippen LogP contribution is -2.35. The van der Waals surface area contributed by atoms with Crippen LogP contribution in [-0.2, 0) is 35.8 Å². The predicted molar refractivity (Wildman–Crippen MR) is 143 cm³/mol. The fourth-order valence-corrected chi connectivity index (χ4v) is 9.05. The number of carbonyl (C=O) groups excluding carboxylic acids is 1. The molecule has 0 radical (unpaired) electrons. The average Bonchev–Trinajstić information content (AvgIpc) is 2.91. The van der Waals surface area contributed by atoms with Crippen molar-refractivity contribution in [3.63, 3.8) is 0 Å². The minimum absolute atomic E-state index is 0.0102. The maximum atomic E-state index is 15.2. The van der Waals surface area contributed by atoms with Gasteiger partial charge in [-0.15, -0.1) is 0 Å². The molecule has 0 aromatic heterocycles. The highest BCUT2D eigenvalue weighted by Gasteiger charge is 2.45. The van der Waals surface area contributed by atoms with E-state index in [1.807, 2.05) is 42.3 Å². The third-order valence-electron chi connectivity index (χ3n) is 6.46. The molecular formula is C26H28ClFN2O6S2. The summed E-state index contributed by atoms with van der Waals surface area (Å²) in [5.41, 5.74) is 0.785. The number of carbonyl (C=O) groups is 1. The van der Waals surface area contributed by atoms with Gasteiger partial charge in [0.1, 0.15) is 12.4 Å². The van der Waals surface area contributed by atoms with Gasteiger partial charge in [-0.2, -0.15) is 0 Å². The van der Waals surface area contributed by atoms with E-state index in [2.05, 4.69) is 5.32 Å². The number of esters is 1. The molecule has 0 amide bonds. The first-order chi connectivity index (χ1) is 17.9. The molecule has 1 atom stereocenters. The number of ether oxygens (including phenoxy) is 1. The molecule has 0 unspecified atom stereocenters. The quantitative estimate of drug-likeness (QED) is 0.496. The predicted octanol–water partition coefficient (Wildman–Crippen LogP) is 3.17. The number of halogens is 2. The Hall–Kier alpha value is -2.73. The zero-order valence-corrected chi connectivity index (χ0v) is 23.3. The van der Waals surface area contributed by atoms with Crippen molar-refractivity contribution >= 4 is 37.2 Å². The lowest BCUT2D eigenvalue weighted by atomic mass is 9.86. The average molecular weight is 583 g/mol. The molecule has 0 fully saturated rings. The van der Waals surface area contributed by atoms with Gasteiger partial charge in [-0.3, -0.25) is 4.90 Å². The highest BCUT2D eigenvalue weighted by Crippen LogP contribution is 2.45. The van der Waals surface area contributed by atoms with Crippen LogP contribution in [0.25, 0.3) is 0 Å². The van der Waals surface area contributed by atoms with E-state index in [1.165, 1.54) is 19.1 Å². The van der Waals surface area contributed by atoms with Gasteiger partial charge >= 0.3 is 5.97 Å². The first-order valence-corrected chi connectivity index (χ1v) is 15.7. The van der Waals surface area contributed by atoms with Gasteiger partial charge in [-0.25, -0.2) is 26.0 Å². The van der Waals surface area contributed by atoms with Crippen LogP contribution in [0.2, 0.25) is 5.02 Å². The minimum atomic E-state index is -4.22. The van der Waals surface area contributed by atoms with Crippen LogP contribution in [0.5, 0.6) is 0 Å². The molecule has 0 saturated carbocycles. The first-order valence-electron chi connectivity index (χ1n) is 11.9. The zero-order chi connectivity index (χ0) is 27.7. The van der Waals surface area contributed by atoms with E-state index in [1.54, 1.807) is 0 Å². The highest BCUT2D eigenvalue weighted by atomic mass is 35.5. The minimum Gasteiger partial charge on any atom is -0.461 e. The lowest BCUT2D eigenvalue weighted by Gasteiger charge is -2.31. The van der Waals surface area contributed by atoms with Crippen molar-refractivity contribution in [3.05, 3.63) is 92.4 Å². The maximum Gasteiger partial charge on any atom is 0.336 e. The van der Waals surface area contributed by atoms with Crippen LogP contribution in [0.3, 0.4) is 0 Å². The monoisotopic (exact) mass is 582 g/mol. The van der Waals surface area contributed by atoms with E-state index in [4.69, 9.17) is 16.3 Å². The number of hydrogen-bond acceptors (Lipinski definition) is 8. The van der Waals surface area contributed by atoms with Crippen LogP contribution in [0, 0.1) is 5.82 Å². The highest BCUT2D eigenvalue weighted by molar-refractivity contribution is 7.98. The van der Waals surface area contributed by atoms with Crippen molar-refractivity contribution in [2.24, 2.45) is 0 Å². The number of nitrogens with one attached hydrogen (secondary N) is 1. The Bertz CT molecular complexity index is 1500. The Balaban J connectivity index is 1.68. The van der Waals surface area contributed by atoms with E-state index >= 15 is 4.39 Å². The van der Waals surface area contributed by atoms with Crippen LogP contribution < -0.4 is 5.32 Å². The summed E-state index contributed by atoms with van der Waals surface area (Å²) in [7, 11) is -6.12. The number of likely N-dealkylation sites (N-methyl/N-ethyl adjacent to an activating group) is 1. The summed E-state index contributed by atoms with van der Waals surface area (Å²) in [5, 5.41) is 2.70. The molecule has 0 bridgehead atoms. The number of allylic oxidation sites excluding steroid dienone is 2. The van der Waals surface area contributed by atoms with Crippen molar-refractivity contribution in [1.29, 1.82) is 0 Å². The molecule has 0 saturated heterocycles. The molecule has 2 aromatic rings. The third kappa shape index (κ3) is 6.12. The molecule has 0 aliphatic carbocycles. The second-order valence-corrected chi connectivity index (χ2v) is 14.0. The summed E-state index contributed by atoms with van der Waals surface area (Å²) < 4.78 is 72.5. The van der Waals surface area contributed by atoms with Crippen molar-refractivity contribution in [1.82, 2.24) is 10.2 Å². The molecule has 12 heteroatoms. The van der Waals surface area contributed by atoms with E-state index in [-0.39, 0.29) is 39.1 Å². The Morgan fingerprint density at radius 2 is 1.82 bits per heavy atom. The van der Waals surface area contributed by atoms with Crippen molar-refractivity contribution in [2.45, 2.75) is 19.4 Å². The largest absolute Gasteiger partial charge is 0.461 e. The van der Waals surface area contributed by atoms with Crippen LogP contribution in [-0.4, -0.2) is 65.2 Å². The SMILES string of the molecule is CC1=C(C(=O)OCCN(C)Cc2ccccc2)[C@H](c2c(F)cccc2Cl)C2=C(CS(=O)(=O)CCS2(=O)=O)N1. The van der Waals surface area contributed by atoms with Gasteiger partial charge in [0.25, 0.3) is 0 Å². The van der Waals surface area contributed by atoms with Crippen LogP contribution in [0.1, 0.15) is 24.0 Å². The number of rotatable bonds is 7. The number of sulfone groups is 2. The summed E-state index contributed by atoms with van der Waals surface area (Å²) in [5.74, 6) is -5.00. The fraction of sp³-hybridized carbons (Fsp3) is 0.346. The lowest BCUT2D eigenvalue weighted by molar-refractivity contribution is -0.139. The Morgan fingerprint density at radius 1 is 1.11 bits per heavy atom. The van der Waals surface area contributed by atoms with E-state index in [9.17, 15) is 21.6 Å². The van der Waals surface area contributed by atoms with Crippen LogP contribution in [0.15, 0.2) is 70.4 Å². The Morgan fingerprint density at radius 3 is 2.50 bits per heavy atom. The van der Waals surface area contributed by atoms with E-state index in [0.29, 0.717) is 13.1 Å². The van der Waals surface area contributed by atoms with E-state index in [0.717, 1.165) is 11.6 Å². The normalized spacial score (nSPS) is 20.5. The molecular weight excluding hydrogens is 555 g/mol. The Kier molecular flexibility index (Phi) is 8.32. The molecule has 204 valence electrons. The number of dihydropyridines is 1. The van der Waals surface area contributed by atoms with Crippen LogP contribution in [0.4, 0.5) is 4.39 Å². The van der Waals surface area contributed by atoms with E-state index < -0.39 is 54.6 Å². The van der Waals surface area contributed by atoms with Crippen molar-refractivity contribution in [3.8, 4) is 0 Å². The summed E-state index contributed by atoms with van der Waals surface area (Å²) >= 11 is 6.35. The molecule has 8 nitrogen and oxygen atoms in total. The number of hydrogen-bond donors (Lipinski definition) is 1. The number of nitrogens with zero attached hydrogens (tertiary/aromatic N) is 1. The van der Waals surface area contributed by atoms with Gasteiger partial charge in [0.2, 0.25) is 0 Å². The number of benzene rings is 2. The molecule has 4 rings (SSSR count). The summed E-state index contributed by atoms with van der Waals surface area (Å²) in [4.78, 5) is 15.0. The standard InChI is InChI=1S/C26H28ClFN2O6S2/c1-17-22(26(31)36-12-11-30(2)15-18-7-4-3-5-8-18)24(23-19(27)9-6-10-20(23)28)25-21(29-17)16-37(32,33)13-14-38(25,34)35/h3-10,24,29H,11-16H2,1-2H3/t24-/m1/s1. The van der Waals surface area contributed by atoms with Crippen molar-refractivity contribution < 1.29 is 30.8 Å². The van der Waals surface area contributed by atoms with Crippen LogP contribution >= 0.6 is 11.6 Å². The first kappa shape index (κ1) is 28.3. The second-order valence-electron chi connectivity index (χ2n) is 9.35. The molecule has 2 aliphatic heterocycles. The van der Waals surface area contributed by atoms with Gasteiger partial charge in [0.15, 0.2) is 19.7 Å². The molecule has 38 heavy (non-hydrogen) atoms. The van der Waals surface area contributed by atoms with Gasteiger partial charge in [0.05, 0.1) is 33.7 Å². The molecule has 2 aromatic carbocycles. The molecule has 2 heterocycles. The second kappa shape index (κ2) is 11.2. The summed E-state index contributed by atoms with van der Waals surface area (Å²) in [6.45, 7) is 2.49. The third-order valence-corrected chi connectivity index (χ3v) is 10.5. The smallest absolute Gasteiger partial charge is 0.336 e. The summed E-state index contributed by atoms with van der Waals surface area (Å²) in [6, 6.07) is 13.6. The van der Waals surface area contributed by atoms with Gasteiger partial charge in [-0.05, 0) is 31.7 Å². The van der Waals surface area contributed by atoms with Gasteiger partial charge in [-0.1, -0.05) is 48.0 Å². The summed E-state index contributed by atoms with van der Waals surface area (Å²) in [6.07, 6.45) is 0. The topological polar surface area (TPSA) is 110 Å². The molecule has 2 aliphatic rings. The fourth-order valence-electron chi connectivity index (χ4n) is 4.67. The van der Waals surface area contributed by atoms with Gasteiger partial charge < -0.3 is 10.1 Å². The van der Waals surface area contributed by atoms with Crippen molar-refractivity contribution in [2.75, 3.05) is 37.5 Å². The zero-order valence-electron chi connectivity index (χ0n) is 20.9. The Labute approximate surface area is 227 Å². The molecule has 1 N–H and O–H groups in total. The maximum absolute atomic E-state index is 15.2. The molecule has 0 spiro atoms.